The molecule has 0 saturated carbocycles. The van der Waals surface area contributed by atoms with Crippen LogP contribution in [0.5, 0.6) is 11.5 Å². The van der Waals surface area contributed by atoms with E-state index in [2.05, 4.69) is 32.0 Å². The third-order valence-electron chi connectivity index (χ3n) is 3.40. The van der Waals surface area contributed by atoms with Gasteiger partial charge in [-0.3, -0.25) is 0 Å². The lowest BCUT2D eigenvalue weighted by Gasteiger charge is -2.15. The van der Waals surface area contributed by atoms with Crippen LogP contribution in [-0.4, -0.2) is 7.11 Å². The summed E-state index contributed by atoms with van der Waals surface area (Å²) in [6.45, 7) is 4.99. The number of halogens is 1. The molecule has 4 heteroatoms. The van der Waals surface area contributed by atoms with Gasteiger partial charge in [-0.05, 0) is 42.7 Å². The van der Waals surface area contributed by atoms with Crippen LogP contribution in [0.3, 0.4) is 0 Å². The summed E-state index contributed by atoms with van der Waals surface area (Å²) >= 11 is 6.27. The molecule has 2 aromatic rings. The predicted molar refractivity (Wildman–Crippen MR) is 86.1 cm³/mol. The molecule has 0 aliphatic rings. The van der Waals surface area contributed by atoms with Crippen LogP contribution in [0.2, 0.25) is 5.02 Å². The Kier molecular flexibility index (Phi) is 5.10. The minimum atomic E-state index is 0.410. The number of benzene rings is 2. The van der Waals surface area contributed by atoms with E-state index < -0.39 is 0 Å². The van der Waals surface area contributed by atoms with Crippen LogP contribution in [0, 0.1) is 13.8 Å². The van der Waals surface area contributed by atoms with Gasteiger partial charge in [0.1, 0.15) is 6.61 Å². The number of rotatable bonds is 5. The lowest BCUT2D eigenvalue weighted by atomic mass is 10.1. The summed E-state index contributed by atoms with van der Waals surface area (Å²) in [5.41, 5.74) is 10.1. The third-order valence-corrected chi connectivity index (χ3v) is 3.68. The quantitative estimate of drug-likeness (QED) is 0.908. The van der Waals surface area contributed by atoms with E-state index in [4.69, 9.17) is 26.8 Å². The lowest BCUT2D eigenvalue weighted by Crippen LogP contribution is -2.03. The lowest BCUT2D eigenvalue weighted by molar-refractivity contribution is 0.284. The Morgan fingerprint density at radius 3 is 2.57 bits per heavy atom. The fourth-order valence-electron chi connectivity index (χ4n) is 2.14. The second kappa shape index (κ2) is 6.83. The van der Waals surface area contributed by atoms with Crippen molar-refractivity contribution >= 4 is 11.6 Å². The Morgan fingerprint density at radius 1 is 1.14 bits per heavy atom. The Hall–Kier alpha value is -1.71. The van der Waals surface area contributed by atoms with Gasteiger partial charge in [0.2, 0.25) is 0 Å². The molecular weight excluding hydrogens is 286 g/mol. The third kappa shape index (κ3) is 3.69. The maximum absolute atomic E-state index is 6.27. The van der Waals surface area contributed by atoms with Crippen molar-refractivity contribution in [1.29, 1.82) is 0 Å². The summed E-state index contributed by atoms with van der Waals surface area (Å²) in [7, 11) is 1.59. The molecule has 0 radical (unpaired) electrons. The maximum Gasteiger partial charge on any atom is 0.180 e. The highest BCUT2D eigenvalue weighted by atomic mass is 35.5. The second-order valence-corrected chi connectivity index (χ2v) is 5.44. The molecule has 0 atom stereocenters. The first kappa shape index (κ1) is 15.7. The minimum Gasteiger partial charge on any atom is -0.493 e. The number of aryl methyl sites for hydroxylation is 2. The number of hydrogen-bond donors (Lipinski definition) is 1. The first-order valence-corrected chi connectivity index (χ1v) is 7.18. The Labute approximate surface area is 130 Å². The van der Waals surface area contributed by atoms with Gasteiger partial charge in [-0.25, -0.2) is 0 Å². The average molecular weight is 306 g/mol. The molecule has 0 aliphatic carbocycles. The van der Waals surface area contributed by atoms with Crippen molar-refractivity contribution in [3.8, 4) is 11.5 Å². The van der Waals surface area contributed by atoms with E-state index in [1.165, 1.54) is 11.1 Å². The molecule has 112 valence electrons. The van der Waals surface area contributed by atoms with E-state index in [-0.39, 0.29) is 0 Å². The van der Waals surface area contributed by atoms with Gasteiger partial charge < -0.3 is 15.2 Å². The average Bonchev–Trinajstić information content (AvgIpc) is 2.48. The normalized spacial score (nSPS) is 10.5. The summed E-state index contributed by atoms with van der Waals surface area (Å²) in [5, 5.41) is 0.514. The zero-order valence-corrected chi connectivity index (χ0v) is 13.3. The number of hydrogen-bond acceptors (Lipinski definition) is 3. The Morgan fingerprint density at radius 2 is 1.90 bits per heavy atom. The van der Waals surface area contributed by atoms with Gasteiger partial charge in [-0.15, -0.1) is 0 Å². The van der Waals surface area contributed by atoms with E-state index in [1.807, 2.05) is 12.1 Å². The summed E-state index contributed by atoms with van der Waals surface area (Å²) in [5.74, 6) is 1.16. The molecule has 2 aromatic carbocycles. The van der Waals surface area contributed by atoms with Gasteiger partial charge in [0.05, 0.1) is 12.1 Å². The molecule has 0 spiro atoms. The fraction of sp³-hybridized carbons (Fsp3) is 0.294. The van der Waals surface area contributed by atoms with Gasteiger partial charge in [0.25, 0.3) is 0 Å². The fourth-order valence-corrected chi connectivity index (χ4v) is 2.42. The summed E-state index contributed by atoms with van der Waals surface area (Å²) < 4.78 is 11.2. The number of methoxy groups -OCH3 is 1. The van der Waals surface area contributed by atoms with Gasteiger partial charge in [-0.1, -0.05) is 35.4 Å². The molecule has 0 aromatic heterocycles. The largest absolute Gasteiger partial charge is 0.493 e. The molecular formula is C17H20ClNO2. The highest BCUT2D eigenvalue weighted by Gasteiger charge is 2.12. The van der Waals surface area contributed by atoms with Gasteiger partial charge in [0.15, 0.2) is 11.5 Å². The Balaban J connectivity index is 2.25. The zero-order chi connectivity index (χ0) is 15.4. The highest BCUT2D eigenvalue weighted by Crippen LogP contribution is 2.37. The van der Waals surface area contributed by atoms with Crippen LogP contribution in [0.1, 0.15) is 22.3 Å². The van der Waals surface area contributed by atoms with Gasteiger partial charge in [-0.2, -0.15) is 0 Å². The highest BCUT2D eigenvalue weighted by molar-refractivity contribution is 6.32. The van der Waals surface area contributed by atoms with Gasteiger partial charge >= 0.3 is 0 Å². The van der Waals surface area contributed by atoms with E-state index in [0.717, 1.165) is 11.1 Å². The maximum atomic E-state index is 6.27. The van der Waals surface area contributed by atoms with E-state index >= 15 is 0 Å². The smallest absolute Gasteiger partial charge is 0.180 e. The molecule has 0 bridgehead atoms. The predicted octanol–water partition coefficient (Wildman–Crippen LogP) is 4.00. The van der Waals surface area contributed by atoms with Crippen molar-refractivity contribution in [2.75, 3.05) is 7.11 Å². The summed E-state index contributed by atoms with van der Waals surface area (Å²) in [6, 6.07) is 9.95. The van der Waals surface area contributed by atoms with Crippen molar-refractivity contribution < 1.29 is 9.47 Å². The van der Waals surface area contributed by atoms with Crippen molar-refractivity contribution in [3.05, 3.63) is 57.6 Å². The molecule has 0 amide bonds. The molecule has 2 N–H and O–H groups in total. The monoisotopic (exact) mass is 305 g/mol. The second-order valence-electron chi connectivity index (χ2n) is 5.03. The van der Waals surface area contributed by atoms with Gasteiger partial charge in [0, 0.05) is 6.54 Å². The topological polar surface area (TPSA) is 44.5 Å². The van der Waals surface area contributed by atoms with Crippen molar-refractivity contribution in [3.63, 3.8) is 0 Å². The SMILES string of the molecule is COc1cc(CN)cc(Cl)c1OCc1cc(C)ccc1C. The molecule has 21 heavy (non-hydrogen) atoms. The Bertz CT molecular complexity index is 641. The summed E-state index contributed by atoms with van der Waals surface area (Å²) in [6.07, 6.45) is 0. The number of ether oxygens (including phenoxy) is 2. The van der Waals surface area contributed by atoms with Crippen LogP contribution in [0.4, 0.5) is 0 Å². The first-order chi connectivity index (χ1) is 10.0. The summed E-state index contributed by atoms with van der Waals surface area (Å²) in [4.78, 5) is 0. The molecule has 0 aliphatic heterocycles. The zero-order valence-electron chi connectivity index (χ0n) is 12.6. The van der Waals surface area contributed by atoms with E-state index in [0.29, 0.717) is 29.7 Å². The minimum absolute atomic E-state index is 0.410. The molecule has 3 nitrogen and oxygen atoms in total. The van der Waals surface area contributed by atoms with E-state index in [9.17, 15) is 0 Å². The van der Waals surface area contributed by atoms with Crippen LogP contribution < -0.4 is 15.2 Å². The van der Waals surface area contributed by atoms with Crippen LogP contribution in [0.25, 0.3) is 0 Å². The molecule has 0 heterocycles. The molecule has 0 unspecified atom stereocenters. The standard InChI is InChI=1S/C17H20ClNO2/c1-11-4-5-12(2)14(6-11)10-21-17-15(18)7-13(9-19)8-16(17)20-3/h4-8H,9-10,19H2,1-3H3. The van der Waals surface area contributed by atoms with E-state index in [1.54, 1.807) is 7.11 Å². The molecule has 0 saturated heterocycles. The number of nitrogens with two attached hydrogens (primary N) is 1. The van der Waals surface area contributed by atoms with Crippen LogP contribution in [-0.2, 0) is 13.2 Å². The molecule has 0 fully saturated rings. The van der Waals surface area contributed by atoms with Crippen molar-refractivity contribution in [2.24, 2.45) is 5.73 Å². The van der Waals surface area contributed by atoms with Crippen LogP contribution in [0.15, 0.2) is 30.3 Å². The van der Waals surface area contributed by atoms with Crippen LogP contribution >= 0.6 is 11.6 Å². The van der Waals surface area contributed by atoms with Crippen molar-refractivity contribution in [1.82, 2.24) is 0 Å². The van der Waals surface area contributed by atoms with Crippen molar-refractivity contribution in [2.45, 2.75) is 27.0 Å². The molecule has 2 rings (SSSR count). The first-order valence-electron chi connectivity index (χ1n) is 6.80.